The maximum Gasteiger partial charge on any atom is 0.311 e. The molecule has 11 heteroatoms. The zero-order chi connectivity index (χ0) is 25.6. The molecule has 0 aliphatic carbocycles. The number of benzene rings is 2. The van der Waals surface area contributed by atoms with E-state index in [0.29, 0.717) is 24.3 Å². The average Bonchev–Trinajstić information content (AvgIpc) is 3.12. The number of hydrogen-bond acceptors (Lipinski definition) is 6. The minimum absolute atomic E-state index is 0.00419. The van der Waals surface area contributed by atoms with Gasteiger partial charge in [0.05, 0.1) is 24.8 Å². The number of imidazole rings is 1. The van der Waals surface area contributed by atoms with Crippen molar-refractivity contribution in [1.82, 2.24) is 9.55 Å². The summed E-state index contributed by atoms with van der Waals surface area (Å²) in [4.78, 5) is 28.5. The third-order valence-electron chi connectivity index (χ3n) is 5.36. The van der Waals surface area contributed by atoms with E-state index in [9.17, 15) is 22.6 Å². The van der Waals surface area contributed by atoms with Crippen LogP contribution in [0.2, 0.25) is 5.15 Å². The van der Waals surface area contributed by atoms with E-state index in [1.807, 2.05) is 4.57 Å². The maximum absolute atomic E-state index is 12.6. The Hall–Kier alpha value is -3.21. The molecule has 2 N–H and O–H groups in total. The van der Waals surface area contributed by atoms with Crippen LogP contribution in [0.25, 0.3) is 0 Å². The highest BCUT2D eigenvalue weighted by Crippen LogP contribution is 2.23. The van der Waals surface area contributed by atoms with Gasteiger partial charge in [-0.2, -0.15) is 8.42 Å². The SMILES string of the molecule is CCCCc1nc(Cl)c(CC(=O)OC)n1Cc1ccc(NC(=O)c2ccccc2S(=O)(=O)O)cc1. The van der Waals surface area contributed by atoms with Crippen LogP contribution in [0.5, 0.6) is 0 Å². The lowest BCUT2D eigenvalue weighted by Crippen LogP contribution is -2.16. The second kappa shape index (κ2) is 11.5. The fourth-order valence-electron chi connectivity index (χ4n) is 3.55. The summed E-state index contributed by atoms with van der Waals surface area (Å²) in [6, 6.07) is 12.3. The summed E-state index contributed by atoms with van der Waals surface area (Å²) in [7, 11) is -3.23. The van der Waals surface area contributed by atoms with Crippen molar-refractivity contribution in [2.45, 2.75) is 44.0 Å². The van der Waals surface area contributed by atoms with Gasteiger partial charge in [-0.1, -0.05) is 49.2 Å². The quantitative estimate of drug-likeness (QED) is 0.304. The van der Waals surface area contributed by atoms with Gasteiger partial charge in [-0.3, -0.25) is 14.1 Å². The summed E-state index contributed by atoms with van der Waals surface area (Å²) in [5.41, 5.74) is 1.72. The highest BCUT2D eigenvalue weighted by Gasteiger charge is 2.21. The van der Waals surface area contributed by atoms with E-state index in [1.54, 1.807) is 24.3 Å². The van der Waals surface area contributed by atoms with Crippen molar-refractivity contribution in [3.63, 3.8) is 0 Å². The van der Waals surface area contributed by atoms with Crippen LogP contribution in [0.4, 0.5) is 5.69 Å². The highest BCUT2D eigenvalue weighted by molar-refractivity contribution is 7.86. The van der Waals surface area contributed by atoms with Crippen LogP contribution in [-0.2, 0) is 39.0 Å². The van der Waals surface area contributed by atoms with E-state index in [4.69, 9.17) is 16.3 Å². The van der Waals surface area contributed by atoms with Crippen LogP contribution < -0.4 is 5.32 Å². The van der Waals surface area contributed by atoms with Gasteiger partial charge in [0, 0.05) is 18.7 Å². The molecule has 0 aliphatic rings. The second-order valence-corrected chi connectivity index (χ2v) is 9.58. The largest absolute Gasteiger partial charge is 0.469 e. The monoisotopic (exact) mass is 519 g/mol. The molecule has 3 aromatic rings. The number of carbonyl (C=O) groups excluding carboxylic acids is 2. The number of unbranched alkanes of at least 4 members (excludes halogenated alkanes) is 1. The first-order chi connectivity index (χ1) is 16.6. The second-order valence-electron chi connectivity index (χ2n) is 7.83. The Morgan fingerprint density at radius 1 is 1.14 bits per heavy atom. The number of amides is 1. The number of methoxy groups -OCH3 is 1. The molecule has 0 unspecified atom stereocenters. The molecule has 0 aliphatic heterocycles. The third-order valence-corrected chi connectivity index (χ3v) is 6.57. The van der Waals surface area contributed by atoms with E-state index in [-0.39, 0.29) is 17.1 Å². The lowest BCUT2D eigenvalue weighted by molar-refractivity contribution is -0.139. The van der Waals surface area contributed by atoms with Crippen LogP contribution in [0, 0.1) is 0 Å². The van der Waals surface area contributed by atoms with Crippen molar-refractivity contribution < 1.29 is 27.3 Å². The molecule has 0 atom stereocenters. The van der Waals surface area contributed by atoms with Gasteiger partial charge < -0.3 is 14.6 Å². The molecule has 0 saturated carbocycles. The number of nitrogens with one attached hydrogen (secondary N) is 1. The predicted molar refractivity (Wildman–Crippen MR) is 131 cm³/mol. The summed E-state index contributed by atoms with van der Waals surface area (Å²) >= 11 is 6.33. The van der Waals surface area contributed by atoms with Gasteiger partial charge in [-0.05, 0) is 36.2 Å². The average molecular weight is 520 g/mol. The van der Waals surface area contributed by atoms with Crippen LogP contribution in [0.15, 0.2) is 53.4 Å². The Morgan fingerprint density at radius 3 is 2.46 bits per heavy atom. The lowest BCUT2D eigenvalue weighted by Gasteiger charge is -2.13. The first-order valence-electron chi connectivity index (χ1n) is 10.9. The normalized spacial score (nSPS) is 11.3. The molecule has 0 spiro atoms. The number of halogens is 1. The minimum Gasteiger partial charge on any atom is -0.469 e. The summed E-state index contributed by atoms with van der Waals surface area (Å²) in [5, 5.41) is 2.90. The fraction of sp³-hybridized carbons (Fsp3) is 0.292. The van der Waals surface area contributed by atoms with Crippen molar-refractivity contribution in [1.29, 1.82) is 0 Å². The summed E-state index contributed by atoms with van der Waals surface area (Å²) in [6.45, 7) is 2.48. The highest BCUT2D eigenvalue weighted by atomic mass is 35.5. The number of aryl methyl sites for hydroxylation is 1. The molecule has 2 aromatic carbocycles. The van der Waals surface area contributed by atoms with Crippen LogP contribution >= 0.6 is 11.6 Å². The number of nitrogens with zero attached hydrogens (tertiary/aromatic N) is 2. The van der Waals surface area contributed by atoms with Gasteiger partial charge >= 0.3 is 5.97 Å². The topological polar surface area (TPSA) is 128 Å². The first kappa shape index (κ1) is 26.4. The summed E-state index contributed by atoms with van der Waals surface area (Å²) < 4.78 is 39.2. The molecule has 1 aromatic heterocycles. The fourth-order valence-corrected chi connectivity index (χ4v) is 4.50. The van der Waals surface area contributed by atoms with Crippen molar-refractivity contribution in [3.05, 3.63) is 76.3 Å². The Kier molecular flexibility index (Phi) is 8.66. The van der Waals surface area contributed by atoms with Crippen molar-refractivity contribution in [2.24, 2.45) is 0 Å². The number of carbonyl (C=O) groups is 2. The molecule has 1 amide bonds. The van der Waals surface area contributed by atoms with Gasteiger partial charge in [0.2, 0.25) is 0 Å². The molecule has 186 valence electrons. The Bertz CT molecular complexity index is 1320. The van der Waals surface area contributed by atoms with Crippen molar-refractivity contribution in [3.8, 4) is 0 Å². The number of aromatic nitrogens is 2. The third kappa shape index (κ3) is 6.68. The number of anilines is 1. The molecule has 0 bridgehead atoms. The Labute approximate surface area is 208 Å². The number of esters is 1. The number of rotatable bonds is 10. The zero-order valence-electron chi connectivity index (χ0n) is 19.3. The molecule has 0 radical (unpaired) electrons. The van der Waals surface area contributed by atoms with E-state index >= 15 is 0 Å². The van der Waals surface area contributed by atoms with Crippen molar-refractivity contribution >= 4 is 39.3 Å². The van der Waals surface area contributed by atoms with E-state index in [1.165, 1.54) is 25.3 Å². The van der Waals surface area contributed by atoms with Gasteiger partial charge in [-0.15, -0.1) is 0 Å². The molecular weight excluding hydrogens is 494 g/mol. The molecule has 0 fully saturated rings. The summed E-state index contributed by atoms with van der Waals surface area (Å²) in [6.07, 6.45) is 2.60. The van der Waals surface area contributed by atoms with Crippen LogP contribution in [-0.4, -0.2) is 41.5 Å². The predicted octanol–water partition coefficient (Wildman–Crippen LogP) is 4.14. The van der Waals surface area contributed by atoms with E-state index in [2.05, 4.69) is 17.2 Å². The number of ether oxygens (including phenoxy) is 1. The van der Waals surface area contributed by atoms with Gasteiger partial charge in [0.1, 0.15) is 10.7 Å². The minimum atomic E-state index is -4.55. The maximum atomic E-state index is 12.6. The van der Waals surface area contributed by atoms with Crippen LogP contribution in [0.3, 0.4) is 0 Å². The Balaban J connectivity index is 1.81. The molecule has 3 rings (SSSR count). The molecule has 0 saturated heterocycles. The van der Waals surface area contributed by atoms with Gasteiger partial charge in [0.15, 0.2) is 5.15 Å². The number of hydrogen-bond donors (Lipinski definition) is 2. The van der Waals surface area contributed by atoms with Crippen molar-refractivity contribution in [2.75, 3.05) is 12.4 Å². The first-order valence-corrected chi connectivity index (χ1v) is 12.7. The van der Waals surface area contributed by atoms with Crippen LogP contribution in [0.1, 0.15) is 47.2 Å². The molecular formula is C24H26ClN3O6S. The lowest BCUT2D eigenvalue weighted by atomic mass is 10.1. The van der Waals surface area contributed by atoms with Gasteiger partial charge in [-0.25, -0.2) is 4.98 Å². The molecule has 9 nitrogen and oxygen atoms in total. The zero-order valence-corrected chi connectivity index (χ0v) is 20.9. The van der Waals surface area contributed by atoms with E-state index in [0.717, 1.165) is 30.3 Å². The van der Waals surface area contributed by atoms with E-state index < -0.39 is 26.9 Å². The summed E-state index contributed by atoms with van der Waals surface area (Å²) in [5.74, 6) is -0.317. The molecule has 1 heterocycles. The molecule has 35 heavy (non-hydrogen) atoms. The standard InChI is InChI=1S/C24H26ClN3O6S/c1-3-4-9-21-27-23(25)19(14-22(29)34-2)28(21)15-16-10-12-17(13-11-16)26-24(30)18-7-5-6-8-20(18)35(31,32)33/h5-8,10-13H,3-4,9,14-15H2,1-2H3,(H,26,30)(H,31,32,33). The Morgan fingerprint density at radius 2 is 1.83 bits per heavy atom. The van der Waals surface area contributed by atoms with Gasteiger partial charge in [0.25, 0.3) is 16.0 Å². The smallest absolute Gasteiger partial charge is 0.311 e.